The van der Waals surface area contributed by atoms with E-state index in [1.165, 1.54) is 0 Å². The van der Waals surface area contributed by atoms with E-state index in [1.807, 2.05) is 0 Å². The third-order valence-electron chi connectivity index (χ3n) is 2.46. The number of amides is 1. The summed E-state index contributed by atoms with van der Waals surface area (Å²) in [5, 5.41) is 2.83. The molecule has 2 atom stereocenters. The summed E-state index contributed by atoms with van der Waals surface area (Å²) in [5.74, 6) is -0.448. The lowest BCUT2D eigenvalue weighted by molar-refractivity contribution is -0.118. The highest BCUT2D eigenvalue weighted by atomic mass is 35.5. The van der Waals surface area contributed by atoms with Crippen LogP contribution < -0.4 is 5.32 Å². The van der Waals surface area contributed by atoms with Gasteiger partial charge in [0.25, 0.3) is 0 Å². The molecule has 0 saturated heterocycles. The van der Waals surface area contributed by atoms with E-state index in [2.05, 4.69) is 5.32 Å². The van der Waals surface area contributed by atoms with Crippen LogP contribution >= 0.6 is 11.6 Å². The average molecular weight is 254 g/mol. The smallest absolute Gasteiger partial charge is 0.235 e. The summed E-state index contributed by atoms with van der Waals surface area (Å²) >= 11 is 5.92. The molecule has 4 nitrogen and oxygen atoms in total. The fourth-order valence-electron chi connectivity index (χ4n) is 1.75. The Hall–Kier alpha value is -0.290. The van der Waals surface area contributed by atoms with Crippen molar-refractivity contribution in [3.8, 4) is 0 Å². The molecule has 15 heavy (non-hydrogen) atoms. The molecule has 0 radical (unpaired) electrons. The molecule has 6 heteroatoms. The third-order valence-corrected chi connectivity index (χ3v) is 3.64. The van der Waals surface area contributed by atoms with E-state index >= 15 is 0 Å². The van der Waals surface area contributed by atoms with Crippen molar-refractivity contribution >= 4 is 27.3 Å². The highest BCUT2D eigenvalue weighted by molar-refractivity contribution is 7.91. The van der Waals surface area contributed by atoms with Gasteiger partial charge in [-0.3, -0.25) is 4.79 Å². The highest BCUT2D eigenvalue weighted by Crippen LogP contribution is 2.28. The van der Waals surface area contributed by atoms with Gasteiger partial charge in [-0.25, -0.2) is 8.42 Å². The molecule has 1 saturated carbocycles. The van der Waals surface area contributed by atoms with Crippen LogP contribution in [0.2, 0.25) is 0 Å². The van der Waals surface area contributed by atoms with Gasteiger partial charge in [0.15, 0.2) is 9.84 Å². The molecule has 0 heterocycles. The first-order valence-corrected chi connectivity index (χ1v) is 7.45. The molecule has 0 aromatic heterocycles. The Morgan fingerprint density at radius 3 is 2.60 bits per heavy atom. The molecule has 1 N–H and O–H groups in total. The van der Waals surface area contributed by atoms with E-state index in [9.17, 15) is 13.2 Å². The second kappa shape index (κ2) is 5.16. The zero-order chi connectivity index (χ0) is 11.5. The monoisotopic (exact) mass is 253 g/mol. The van der Waals surface area contributed by atoms with E-state index in [0.717, 1.165) is 25.5 Å². The number of halogens is 1. The lowest BCUT2D eigenvalue weighted by atomic mass is 10.1. The Bertz CT molecular complexity index is 328. The Labute approximate surface area is 95.3 Å². The molecule has 1 aliphatic carbocycles. The molecule has 0 bridgehead atoms. The van der Waals surface area contributed by atoms with Crippen LogP contribution in [0.3, 0.4) is 0 Å². The molecule has 1 fully saturated rings. The minimum atomic E-state index is -3.22. The van der Waals surface area contributed by atoms with Gasteiger partial charge in [0.05, 0.1) is 0 Å². The third kappa shape index (κ3) is 5.37. The van der Waals surface area contributed by atoms with Gasteiger partial charge in [-0.15, -0.1) is 11.6 Å². The maximum absolute atomic E-state index is 11.2. The summed E-state index contributed by atoms with van der Waals surface area (Å²) in [6.45, 7) is 0.539. The van der Waals surface area contributed by atoms with E-state index in [-0.39, 0.29) is 5.38 Å². The minimum Gasteiger partial charge on any atom is -0.355 e. The second-order valence-electron chi connectivity index (χ2n) is 4.15. The first kappa shape index (κ1) is 12.8. The summed E-state index contributed by atoms with van der Waals surface area (Å²) in [5.41, 5.74) is 0. The summed E-state index contributed by atoms with van der Waals surface area (Å²) in [4.78, 5) is 11.2. The number of nitrogens with one attached hydrogen (secondary N) is 1. The number of carbonyl (C=O) groups is 1. The summed E-state index contributed by atoms with van der Waals surface area (Å²) in [7, 11) is -3.22. The van der Waals surface area contributed by atoms with Gasteiger partial charge in [0.2, 0.25) is 5.91 Å². The molecule has 0 spiro atoms. The Morgan fingerprint density at radius 1 is 1.47 bits per heavy atom. The second-order valence-corrected chi connectivity index (χ2v) is 6.91. The molecule has 0 aliphatic heterocycles. The van der Waals surface area contributed by atoms with Crippen molar-refractivity contribution in [1.82, 2.24) is 5.32 Å². The molecular formula is C9H16ClNO3S. The SMILES string of the molecule is CS(=O)(=O)CC(=O)NCC1CCC(Cl)C1. The van der Waals surface area contributed by atoms with Gasteiger partial charge in [-0.05, 0) is 25.2 Å². The number of hydrogen-bond acceptors (Lipinski definition) is 3. The van der Waals surface area contributed by atoms with Crippen molar-refractivity contribution in [2.24, 2.45) is 5.92 Å². The zero-order valence-corrected chi connectivity index (χ0v) is 10.3. The van der Waals surface area contributed by atoms with Crippen molar-refractivity contribution in [2.45, 2.75) is 24.6 Å². The molecule has 0 aromatic carbocycles. The molecule has 2 unspecified atom stereocenters. The highest BCUT2D eigenvalue weighted by Gasteiger charge is 2.23. The van der Waals surface area contributed by atoms with Gasteiger partial charge in [0, 0.05) is 18.2 Å². The summed E-state index contributed by atoms with van der Waals surface area (Å²) < 4.78 is 21.6. The zero-order valence-electron chi connectivity index (χ0n) is 8.70. The van der Waals surface area contributed by atoms with Crippen LogP contribution in [0, 0.1) is 5.92 Å². The predicted molar refractivity (Wildman–Crippen MR) is 59.7 cm³/mol. The van der Waals surface area contributed by atoms with Gasteiger partial charge in [-0.2, -0.15) is 0 Å². The number of rotatable bonds is 4. The standard InChI is InChI=1S/C9H16ClNO3S/c1-15(13,14)6-9(12)11-5-7-2-3-8(10)4-7/h7-8H,2-6H2,1H3,(H,11,12). The molecule has 1 rings (SSSR count). The van der Waals surface area contributed by atoms with Crippen LogP contribution in [0.5, 0.6) is 0 Å². The number of sulfone groups is 1. The van der Waals surface area contributed by atoms with Gasteiger partial charge >= 0.3 is 0 Å². The fourth-order valence-corrected chi connectivity index (χ4v) is 2.70. The largest absolute Gasteiger partial charge is 0.355 e. The van der Waals surface area contributed by atoms with Crippen LogP contribution in [0.4, 0.5) is 0 Å². The topological polar surface area (TPSA) is 63.2 Å². The average Bonchev–Trinajstić information content (AvgIpc) is 2.45. The summed E-state index contributed by atoms with van der Waals surface area (Å²) in [6, 6.07) is 0. The lowest BCUT2D eigenvalue weighted by Crippen LogP contribution is -2.33. The van der Waals surface area contributed by atoms with Crippen LogP contribution in [-0.4, -0.2) is 38.3 Å². The Kier molecular flexibility index (Phi) is 4.40. The van der Waals surface area contributed by atoms with Crippen molar-refractivity contribution < 1.29 is 13.2 Å². The molecule has 1 amide bonds. The van der Waals surface area contributed by atoms with Crippen molar-refractivity contribution in [3.63, 3.8) is 0 Å². The first-order valence-electron chi connectivity index (χ1n) is 4.95. The summed E-state index contributed by atoms with van der Waals surface area (Å²) in [6.07, 6.45) is 3.94. The maximum Gasteiger partial charge on any atom is 0.235 e. The van der Waals surface area contributed by atoms with E-state index in [4.69, 9.17) is 11.6 Å². The molecular weight excluding hydrogens is 238 g/mol. The lowest BCUT2D eigenvalue weighted by Gasteiger charge is -2.10. The van der Waals surface area contributed by atoms with Gasteiger partial charge in [-0.1, -0.05) is 0 Å². The van der Waals surface area contributed by atoms with Gasteiger partial charge in [0.1, 0.15) is 5.75 Å². The predicted octanol–water partition coefficient (Wildman–Crippen LogP) is 0.555. The molecule has 88 valence electrons. The normalized spacial score (nSPS) is 26.5. The van der Waals surface area contributed by atoms with Crippen molar-refractivity contribution in [3.05, 3.63) is 0 Å². The number of carbonyl (C=O) groups excluding carboxylic acids is 1. The molecule has 0 aromatic rings. The first-order chi connectivity index (χ1) is 6.87. The van der Waals surface area contributed by atoms with Crippen LogP contribution in [0.1, 0.15) is 19.3 Å². The minimum absolute atomic E-state index is 0.210. The Morgan fingerprint density at radius 2 is 2.13 bits per heavy atom. The number of alkyl halides is 1. The van der Waals surface area contributed by atoms with Crippen molar-refractivity contribution in [2.75, 3.05) is 18.6 Å². The number of hydrogen-bond donors (Lipinski definition) is 1. The van der Waals surface area contributed by atoms with Crippen LogP contribution in [0.15, 0.2) is 0 Å². The fraction of sp³-hybridized carbons (Fsp3) is 0.889. The maximum atomic E-state index is 11.2. The van der Waals surface area contributed by atoms with E-state index in [1.54, 1.807) is 0 Å². The van der Waals surface area contributed by atoms with Crippen LogP contribution in [-0.2, 0) is 14.6 Å². The van der Waals surface area contributed by atoms with E-state index in [0.29, 0.717) is 12.5 Å². The Balaban J connectivity index is 2.23. The van der Waals surface area contributed by atoms with Crippen molar-refractivity contribution in [1.29, 1.82) is 0 Å². The van der Waals surface area contributed by atoms with E-state index < -0.39 is 21.5 Å². The molecule has 1 aliphatic rings. The van der Waals surface area contributed by atoms with Gasteiger partial charge < -0.3 is 5.32 Å². The van der Waals surface area contributed by atoms with Crippen LogP contribution in [0.25, 0.3) is 0 Å². The quantitative estimate of drug-likeness (QED) is 0.745.